The predicted molar refractivity (Wildman–Crippen MR) is 124 cm³/mol. The Bertz CT molecular complexity index is 929. The van der Waals surface area contributed by atoms with Gasteiger partial charge in [0, 0.05) is 12.5 Å². The van der Waals surface area contributed by atoms with Crippen LogP contribution in [0.5, 0.6) is 5.75 Å². The van der Waals surface area contributed by atoms with Crippen molar-refractivity contribution >= 4 is 17.7 Å². The van der Waals surface area contributed by atoms with Crippen molar-refractivity contribution < 1.29 is 19.1 Å². The van der Waals surface area contributed by atoms with Gasteiger partial charge in [-0.3, -0.25) is 25.2 Å². The van der Waals surface area contributed by atoms with E-state index in [2.05, 4.69) is 49.1 Å². The van der Waals surface area contributed by atoms with E-state index in [4.69, 9.17) is 4.74 Å². The van der Waals surface area contributed by atoms with E-state index in [1.54, 1.807) is 24.3 Å². The first-order valence-electron chi connectivity index (χ1n) is 10.7. The molecule has 172 valence electrons. The van der Waals surface area contributed by atoms with Crippen LogP contribution in [0, 0.1) is 5.92 Å². The van der Waals surface area contributed by atoms with E-state index in [1.165, 1.54) is 12.5 Å². The van der Waals surface area contributed by atoms with Gasteiger partial charge in [0.1, 0.15) is 18.4 Å². The van der Waals surface area contributed by atoms with Gasteiger partial charge in [-0.25, -0.2) is 0 Å². The van der Waals surface area contributed by atoms with Gasteiger partial charge in [0.05, 0.1) is 0 Å². The fourth-order valence-corrected chi connectivity index (χ4v) is 2.99. The van der Waals surface area contributed by atoms with E-state index in [1.807, 2.05) is 26.0 Å². The van der Waals surface area contributed by atoms with Crippen LogP contribution in [0.4, 0.5) is 0 Å². The van der Waals surface area contributed by atoms with Crippen molar-refractivity contribution in [3.05, 3.63) is 65.2 Å². The molecule has 0 saturated carbocycles. The quantitative estimate of drug-likeness (QED) is 0.576. The summed E-state index contributed by atoms with van der Waals surface area (Å²) in [6.07, 6.45) is 0. The zero-order valence-electron chi connectivity index (χ0n) is 19.6. The highest BCUT2D eigenvalue weighted by atomic mass is 16.5. The fraction of sp³-hybridized carbons (Fsp3) is 0.400. The molecule has 0 spiro atoms. The van der Waals surface area contributed by atoms with E-state index in [0.29, 0.717) is 12.2 Å². The number of carbonyl (C=O) groups is 3. The largest absolute Gasteiger partial charge is 0.489 e. The average molecular weight is 440 g/mol. The summed E-state index contributed by atoms with van der Waals surface area (Å²) in [6.45, 7) is 11.8. The van der Waals surface area contributed by atoms with Gasteiger partial charge in [0.25, 0.3) is 11.8 Å². The molecule has 3 amide bonds. The third-order valence-corrected chi connectivity index (χ3v) is 4.95. The lowest BCUT2D eigenvalue weighted by molar-refractivity contribution is -0.129. The smallest absolute Gasteiger partial charge is 0.269 e. The Morgan fingerprint density at radius 3 is 2.00 bits per heavy atom. The second kappa shape index (κ2) is 10.8. The molecule has 1 atom stereocenters. The second-order valence-corrected chi connectivity index (χ2v) is 9.13. The molecule has 7 nitrogen and oxygen atoms in total. The van der Waals surface area contributed by atoms with Crippen molar-refractivity contribution in [2.45, 2.75) is 59.6 Å². The van der Waals surface area contributed by atoms with Crippen molar-refractivity contribution in [3.63, 3.8) is 0 Å². The Hall–Kier alpha value is -3.35. The maximum atomic E-state index is 12.3. The van der Waals surface area contributed by atoms with Crippen molar-refractivity contribution in [2.24, 2.45) is 5.92 Å². The van der Waals surface area contributed by atoms with Crippen LogP contribution < -0.4 is 20.9 Å². The minimum absolute atomic E-state index is 0.0913. The Morgan fingerprint density at radius 2 is 1.50 bits per heavy atom. The summed E-state index contributed by atoms with van der Waals surface area (Å²) >= 11 is 0. The number of hydrazine groups is 1. The van der Waals surface area contributed by atoms with Crippen LogP contribution in [-0.4, -0.2) is 23.8 Å². The normalized spacial score (nSPS) is 12.1. The van der Waals surface area contributed by atoms with Gasteiger partial charge in [-0.2, -0.15) is 0 Å². The molecular weight excluding hydrogens is 406 g/mol. The minimum atomic E-state index is -0.732. The monoisotopic (exact) mass is 439 g/mol. The fourth-order valence-electron chi connectivity index (χ4n) is 2.99. The molecule has 0 aromatic heterocycles. The Morgan fingerprint density at radius 1 is 0.906 bits per heavy atom. The first-order chi connectivity index (χ1) is 15.0. The average Bonchev–Trinajstić information content (AvgIpc) is 2.74. The summed E-state index contributed by atoms with van der Waals surface area (Å²) in [5.74, 6) is -0.589. The molecule has 32 heavy (non-hydrogen) atoms. The number of amides is 3. The molecule has 0 aliphatic carbocycles. The van der Waals surface area contributed by atoms with Gasteiger partial charge in [-0.1, -0.05) is 58.9 Å². The summed E-state index contributed by atoms with van der Waals surface area (Å²) in [5.41, 5.74) is 7.38. The topological polar surface area (TPSA) is 96.5 Å². The highest BCUT2D eigenvalue weighted by Gasteiger charge is 2.23. The lowest BCUT2D eigenvalue weighted by Crippen LogP contribution is -2.54. The molecule has 2 aromatic carbocycles. The van der Waals surface area contributed by atoms with Gasteiger partial charge >= 0.3 is 0 Å². The van der Waals surface area contributed by atoms with Crippen LogP contribution in [0.2, 0.25) is 0 Å². The van der Waals surface area contributed by atoms with Crippen molar-refractivity contribution in [1.29, 1.82) is 0 Å². The van der Waals surface area contributed by atoms with Crippen LogP contribution in [0.1, 0.15) is 63.0 Å². The maximum absolute atomic E-state index is 12.3. The molecule has 0 fully saturated rings. The van der Waals surface area contributed by atoms with Gasteiger partial charge in [0.15, 0.2) is 0 Å². The maximum Gasteiger partial charge on any atom is 0.269 e. The zero-order chi connectivity index (χ0) is 23.9. The van der Waals surface area contributed by atoms with E-state index < -0.39 is 17.9 Å². The molecule has 0 radical (unpaired) electrons. The second-order valence-electron chi connectivity index (χ2n) is 9.13. The zero-order valence-corrected chi connectivity index (χ0v) is 19.6. The van der Waals surface area contributed by atoms with Gasteiger partial charge in [-0.05, 0) is 46.7 Å². The van der Waals surface area contributed by atoms with E-state index in [0.717, 1.165) is 11.3 Å². The van der Waals surface area contributed by atoms with Gasteiger partial charge in [-0.15, -0.1) is 0 Å². The third kappa shape index (κ3) is 7.41. The molecule has 0 heterocycles. The number of benzene rings is 2. The number of nitrogens with one attached hydrogen (secondary N) is 3. The number of carbonyl (C=O) groups excluding carboxylic acids is 3. The summed E-state index contributed by atoms with van der Waals surface area (Å²) < 4.78 is 5.83. The van der Waals surface area contributed by atoms with Crippen molar-refractivity contribution in [1.82, 2.24) is 16.2 Å². The molecule has 0 aliphatic rings. The Labute approximate surface area is 189 Å². The predicted octanol–water partition coefficient (Wildman–Crippen LogP) is 3.48. The molecule has 3 N–H and O–H groups in total. The van der Waals surface area contributed by atoms with Crippen LogP contribution >= 0.6 is 0 Å². The summed E-state index contributed by atoms with van der Waals surface area (Å²) in [6, 6.07) is 14.2. The summed E-state index contributed by atoms with van der Waals surface area (Å²) in [4.78, 5) is 35.8. The molecule has 0 aliphatic heterocycles. The molecular formula is C25H33N3O4. The molecule has 0 bridgehead atoms. The van der Waals surface area contributed by atoms with Gasteiger partial charge in [0.2, 0.25) is 5.91 Å². The first-order valence-corrected chi connectivity index (χ1v) is 10.7. The summed E-state index contributed by atoms with van der Waals surface area (Å²) in [5, 5.41) is 2.57. The lowest BCUT2D eigenvalue weighted by atomic mass is 9.87. The van der Waals surface area contributed by atoms with Crippen LogP contribution in [0.25, 0.3) is 0 Å². The van der Waals surface area contributed by atoms with E-state index in [9.17, 15) is 14.4 Å². The highest BCUT2D eigenvalue weighted by molar-refractivity contribution is 5.96. The van der Waals surface area contributed by atoms with E-state index in [-0.39, 0.29) is 17.2 Å². The third-order valence-electron chi connectivity index (χ3n) is 4.95. The van der Waals surface area contributed by atoms with Crippen molar-refractivity contribution in [3.8, 4) is 5.75 Å². The van der Waals surface area contributed by atoms with Crippen molar-refractivity contribution in [2.75, 3.05) is 0 Å². The lowest BCUT2D eigenvalue weighted by Gasteiger charge is -2.21. The molecule has 7 heteroatoms. The van der Waals surface area contributed by atoms with Crippen LogP contribution in [-0.2, 0) is 21.6 Å². The van der Waals surface area contributed by atoms with Crippen LogP contribution in [0.3, 0.4) is 0 Å². The number of hydrogen-bond donors (Lipinski definition) is 3. The summed E-state index contributed by atoms with van der Waals surface area (Å²) in [7, 11) is 0. The Kier molecular flexibility index (Phi) is 8.41. The standard InChI is InChI=1S/C25H33N3O4/c1-16(2)22(26-17(3)29)24(31)28-27-23(30)19-9-7-18(8-10-19)15-32-21-13-11-20(12-14-21)25(4,5)6/h7-14,16,22H,15H2,1-6H3,(H,26,29)(H,27,30)(H,28,31). The van der Waals surface area contributed by atoms with Gasteiger partial charge < -0.3 is 10.1 Å². The molecule has 1 unspecified atom stereocenters. The molecule has 2 aromatic rings. The minimum Gasteiger partial charge on any atom is -0.489 e. The van der Waals surface area contributed by atoms with E-state index >= 15 is 0 Å². The molecule has 2 rings (SSSR count). The highest BCUT2D eigenvalue weighted by Crippen LogP contribution is 2.24. The number of hydrogen-bond acceptors (Lipinski definition) is 4. The number of ether oxygens (including phenoxy) is 1. The van der Waals surface area contributed by atoms with Crippen LogP contribution in [0.15, 0.2) is 48.5 Å². The first kappa shape index (κ1) is 24.9. The molecule has 0 saturated heterocycles. The SMILES string of the molecule is CC(=O)NC(C(=O)NNC(=O)c1ccc(COc2ccc(C(C)(C)C)cc2)cc1)C(C)C. The number of rotatable bonds is 7. The Balaban J connectivity index is 1.88.